The van der Waals surface area contributed by atoms with E-state index >= 15 is 0 Å². The fraction of sp³-hybridized carbons (Fsp3) is 0.533. The molecule has 0 aliphatic carbocycles. The highest BCUT2D eigenvalue weighted by Gasteiger charge is 2.18. The first kappa shape index (κ1) is 17.2. The van der Waals surface area contributed by atoms with E-state index in [1.807, 2.05) is 0 Å². The van der Waals surface area contributed by atoms with Crippen LogP contribution in [0.25, 0.3) is 0 Å². The van der Waals surface area contributed by atoms with Gasteiger partial charge in [0.25, 0.3) is 0 Å². The summed E-state index contributed by atoms with van der Waals surface area (Å²) in [5.74, 6) is -0.450. The van der Waals surface area contributed by atoms with Crippen LogP contribution in [0, 0.1) is 0 Å². The van der Waals surface area contributed by atoms with E-state index in [0.29, 0.717) is 22.3 Å². The fourth-order valence-electron chi connectivity index (χ4n) is 2.39. The number of ether oxygens (including phenoxy) is 1. The Morgan fingerprint density at radius 2 is 2.05 bits per heavy atom. The lowest BCUT2D eigenvalue weighted by Gasteiger charge is -2.32. The molecular weight excluding hydrogens is 350 g/mol. The number of nitrogen functional groups attached to an aromatic ring is 1. The highest BCUT2D eigenvalue weighted by molar-refractivity contribution is 9.10. The number of aliphatic hydroxyl groups is 1. The van der Waals surface area contributed by atoms with Crippen molar-refractivity contribution in [2.75, 3.05) is 52.2 Å². The Labute approximate surface area is 139 Å². The first-order valence-corrected chi connectivity index (χ1v) is 8.07. The molecule has 0 spiro atoms. The van der Waals surface area contributed by atoms with Crippen LogP contribution in [0.15, 0.2) is 16.6 Å². The quantitative estimate of drug-likeness (QED) is 0.592. The molecule has 0 amide bonds. The van der Waals surface area contributed by atoms with Crippen LogP contribution in [0.5, 0.6) is 0 Å². The van der Waals surface area contributed by atoms with E-state index in [1.165, 1.54) is 0 Å². The minimum atomic E-state index is -0.450. The predicted molar refractivity (Wildman–Crippen MR) is 88.7 cm³/mol. The standard InChI is InChI=1S/C15H22BrN3O3/c1-18-2-4-19(5-3-18)10-12-8-11(9-13(16)14(12)17)15(21)22-7-6-20/h8-9,20H,2-7,10,17H2,1H3. The number of halogens is 1. The van der Waals surface area contributed by atoms with Crippen LogP contribution in [0.4, 0.5) is 5.69 Å². The van der Waals surface area contributed by atoms with E-state index in [9.17, 15) is 4.79 Å². The van der Waals surface area contributed by atoms with Crippen LogP contribution in [0.2, 0.25) is 0 Å². The van der Waals surface area contributed by atoms with Gasteiger partial charge in [0.05, 0.1) is 17.9 Å². The summed E-state index contributed by atoms with van der Waals surface area (Å²) in [5.41, 5.74) is 8.13. The molecule has 0 radical (unpaired) electrons. The van der Waals surface area contributed by atoms with Crippen molar-refractivity contribution in [2.24, 2.45) is 0 Å². The third kappa shape index (κ3) is 4.42. The van der Waals surface area contributed by atoms with Crippen molar-refractivity contribution in [3.63, 3.8) is 0 Å². The molecule has 2 rings (SSSR count). The molecule has 1 heterocycles. The molecule has 0 bridgehead atoms. The molecule has 1 aromatic rings. The summed E-state index contributed by atoms with van der Waals surface area (Å²) >= 11 is 3.40. The minimum absolute atomic E-state index is 0.00534. The van der Waals surface area contributed by atoms with E-state index in [0.717, 1.165) is 31.7 Å². The molecule has 1 aliphatic heterocycles. The number of benzene rings is 1. The number of carbonyl (C=O) groups is 1. The smallest absolute Gasteiger partial charge is 0.338 e. The van der Waals surface area contributed by atoms with Gasteiger partial charge >= 0.3 is 5.97 Å². The van der Waals surface area contributed by atoms with Gasteiger partial charge in [-0.3, -0.25) is 4.90 Å². The van der Waals surface area contributed by atoms with Gasteiger partial charge in [0.1, 0.15) is 6.61 Å². The summed E-state index contributed by atoms with van der Waals surface area (Å²) < 4.78 is 5.65. The van der Waals surface area contributed by atoms with Gasteiger partial charge in [0.15, 0.2) is 0 Å². The second kappa shape index (κ2) is 7.92. The van der Waals surface area contributed by atoms with E-state index in [1.54, 1.807) is 12.1 Å². The lowest BCUT2D eigenvalue weighted by atomic mass is 10.1. The van der Waals surface area contributed by atoms with Gasteiger partial charge in [-0.2, -0.15) is 0 Å². The monoisotopic (exact) mass is 371 g/mol. The van der Waals surface area contributed by atoms with Crippen molar-refractivity contribution >= 4 is 27.6 Å². The van der Waals surface area contributed by atoms with E-state index in [4.69, 9.17) is 15.6 Å². The van der Waals surface area contributed by atoms with Crippen molar-refractivity contribution in [3.8, 4) is 0 Å². The van der Waals surface area contributed by atoms with Crippen molar-refractivity contribution in [2.45, 2.75) is 6.54 Å². The van der Waals surface area contributed by atoms with Crippen LogP contribution >= 0.6 is 15.9 Å². The van der Waals surface area contributed by atoms with Gasteiger partial charge in [0.2, 0.25) is 0 Å². The molecular formula is C15H22BrN3O3. The Morgan fingerprint density at radius 1 is 1.36 bits per heavy atom. The number of carbonyl (C=O) groups excluding carboxylic acids is 1. The summed E-state index contributed by atoms with van der Waals surface area (Å²) in [6.07, 6.45) is 0. The summed E-state index contributed by atoms with van der Waals surface area (Å²) in [6.45, 7) is 4.53. The number of nitrogens with zero attached hydrogens (tertiary/aromatic N) is 2. The number of hydrogen-bond acceptors (Lipinski definition) is 6. The Balaban J connectivity index is 2.12. The molecule has 1 saturated heterocycles. The lowest BCUT2D eigenvalue weighted by molar-refractivity contribution is 0.0433. The molecule has 6 nitrogen and oxygen atoms in total. The van der Waals surface area contributed by atoms with E-state index in [2.05, 4.69) is 32.8 Å². The Kier molecular flexibility index (Phi) is 6.19. The number of piperazine rings is 1. The molecule has 1 aromatic carbocycles. The molecule has 0 unspecified atom stereocenters. The number of aliphatic hydroxyl groups excluding tert-OH is 1. The maximum absolute atomic E-state index is 11.9. The largest absolute Gasteiger partial charge is 0.460 e. The topological polar surface area (TPSA) is 79.0 Å². The maximum atomic E-state index is 11.9. The average molecular weight is 372 g/mol. The number of nitrogens with two attached hydrogens (primary N) is 1. The zero-order valence-electron chi connectivity index (χ0n) is 12.7. The third-order valence-corrected chi connectivity index (χ3v) is 4.42. The van der Waals surface area contributed by atoms with Gasteiger partial charge in [-0.25, -0.2) is 4.79 Å². The molecule has 7 heteroatoms. The molecule has 22 heavy (non-hydrogen) atoms. The molecule has 0 atom stereocenters. The molecule has 122 valence electrons. The Bertz CT molecular complexity index is 531. The molecule has 1 aliphatic rings. The Hall–Kier alpha value is -1.15. The number of rotatable bonds is 5. The summed E-state index contributed by atoms with van der Waals surface area (Å²) in [7, 11) is 2.11. The van der Waals surface area contributed by atoms with Crippen LogP contribution in [-0.4, -0.2) is 67.3 Å². The van der Waals surface area contributed by atoms with E-state index < -0.39 is 5.97 Å². The van der Waals surface area contributed by atoms with Crippen LogP contribution in [0.3, 0.4) is 0 Å². The maximum Gasteiger partial charge on any atom is 0.338 e. The molecule has 0 saturated carbocycles. The SMILES string of the molecule is CN1CCN(Cc2cc(C(=O)OCCO)cc(Br)c2N)CC1. The Morgan fingerprint density at radius 3 is 2.68 bits per heavy atom. The average Bonchev–Trinajstić information content (AvgIpc) is 2.51. The number of esters is 1. The highest BCUT2D eigenvalue weighted by atomic mass is 79.9. The third-order valence-electron chi connectivity index (χ3n) is 3.77. The minimum Gasteiger partial charge on any atom is -0.460 e. The zero-order valence-corrected chi connectivity index (χ0v) is 14.3. The molecule has 0 aromatic heterocycles. The normalized spacial score (nSPS) is 16.7. The lowest BCUT2D eigenvalue weighted by Crippen LogP contribution is -2.44. The summed E-state index contributed by atoms with van der Waals surface area (Å²) in [6, 6.07) is 3.43. The van der Waals surface area contributed by atoms with Crippen molar-refractivity contribution in [1.29, 1.82) is 0 Å². The first-order chi connectivity index (χ1) is 10.5. The van der Waals surface area contributed by atoms with Gasteiger partial charge in [-0.05, 0) is 40.7 Å². The zero-order chi connectivity index (χ0) is 16.1. The number of anilines is 1. The van der Waals surface area contributed by atoms with Crippen LogP contribution in [0.1, 0.15) is 15.9 Å². The van der Waals surface area contributed by atoms with Crippen molar-refractivity contribution < 1.29 is 14.6 Å². The highest BCUT2D eigenvalue weighted by Crippen LogP contribution is 2.27. The molecule has 3 N–H and O–H groups in total. The summed E-state index contributed by atoms with van der Waals surface area (Å²) in [4.78, 5) is 16.5. The second-order valence-corrected chi connectivity index (χ2v) is 6.32. The number of likely N-dealkylation sites (N-methyl/N-ethyl adjacent to an activating group) is 1. The molecule has 1 fully saturated rings. The summed E-state index contributed by atoms with van der Waals surface area (Å²) in [5, 5.41) is 8.74. The van der Waals surface area contributed by atoms with Crippen LogP contribution < -0.4 is 5.73 Å². The fourth-order valence-corrected chi connectivity index (χ4v) is 2.89. The first-order valence-electron chi connectivity index (χ1n) is 7.28. The van der Waals surface area contributed by atoms with Gasteiger partial charge < -0.3 is 20.5 Å². The predicted octanol–water partition coefficient (Wildman–Crippen LogP) is 0.928. The van der Waals surface area contributed by atoms with E-state index in [-0.39, 0.29) is 13.2 Å². The second-order valence-electron chi connectivity index (χ2n) is 5.47. The van der Waals surface area contributed by atoms with Gasteiger partial charge in [0, 0.05) is 37.2 Å². The van der Waals surface area contributed by atoms with Gasteiger partial charge in [-0.1, -0.05) is 0 Å². The number of hydrogen-bond donors (Lipinski definition) is 2. The van der Waals surface area contributed by atoms with Crippen molar-refractivity contribution in [1.82, 2.24) is 9.80 Å². The van der Waals surface area contributed by atoms with Crippen LogP contribution in [-0.2, 0) is 11.3 Å². The van der Waals surface area contributed by atoms with Crippen molar-refractivity contribution in [3.05, 3.63) is 27.7 Å². The van der Waals surface area contributed by atoms with Gasteiger partial charge in [-0.15, -0.1) is 0 Å².